The molecular formula is C16H33BrO6. The van der Waals surface area contributed by atoms with Gasteiger partial charge in [0, 0.05) is 11.9 Å². The molecule has 0 aromatic carbocycles. The first kappa shape index (κ1) is 23.2. The Morgan fingerprint density at radius 1 is 0.478 bits per heavy atom. The van der Waals surface area contributed by atoms with Crippen LogP contribution < -0.4 is 0 Å². The molecule has 0 unspecified atom stereocenters. The van der Waals surface area contributed by atoms with E-state index in [0.29, 0.717) is 72.7 Å². The topological polar surface area (TPSA) is 55.4 Å². The summed E-state index contributed by atoms with van der Waals surface area (Å²) in [7, 11) is 0. The van der Waals surface area contributed by atoms with Gasteiger partial charge in [-0.1, -0.05) is 29.3 Å². The fourth-order valence-electron chi connectivity index (χ4n) is 1.50. The lowest BCUT2D eigenvalue weighted by Crippen LogP contribution is -2.14. The molecule has 0 aliphatic rings. The quantitative estimate of drug-likeness (QED) is 0.231. The monoisotopic (exact) mass is 400 g/mol. The highest BCUT2D eigenvalue weighted by atomic mass is 79.9. The van der Waals surface area contributed by atoms with E-state index < -0.39 is 0 Å². The van der Waals surface area contributed by atoms with Gasteiger partial charge >= 0.3 is 0 Å². The average molecular weight is 401 g/mol. The van der Waals surface area contributed by atoms with E-state index >= 15 is 0 Å². The number of rotatable bonds is 20. The van der Waals surface area contributed by atoms with Gasteiger partial charge in [-0.05, 0) is 6.42 Å². The molecule has 0 aromatic heterocycles. The Labute approximate surface area is 149 Å². The molecular weight excluding hydrogens is 368 g/mol. The molecule has 0 spiro atoms. The van der Waals surface area contributed by atoms with Crippen LogP contribution >= 0.6 is 15.9 Å². The van der Waals surface area contributed by atoms with Crippen molar-refractivity contribution in [1.29, 1.82) is 0 Å². The Kier molecular flexibility index (Phi) is 22.5. The minimum atomic E-state index is 0.573. The van der Waals surface area contributed by atoms with Gasteiger partial charge < -0.3 is 28.4 Å². The summed E-state index contributed by atoms with van der Waals surface area (Å²) in [4.78, 5) is 0. The second kappa shape index (κ2) is 22.2. The highest BCUT2D eigenvalue weighted by Gasteiger charge is 1.93. The Morgan fingerprint density at radius 3 is 1.09 bits per heavy atom. The molecule has 0 saturated heterocycles. The maximum atomic E-state index is 5.39. The Morgan fingerprint density at radius 2 is 0.783 bits per heavy atom. The molecule has 0 amide bonds. The summed E-state index contributed by atoms with van der Waals surface area (Å²) in [6.45, 7) is 9.67. The van der Waals surface area contributed by atoms with Gasteiger partial charge in [0.15, 0.2) is 0 Å². The molecule has 0 radical (unpaired) electrons. The minimum Gasteiger partial charge on any atom is -0.379 e. The molecule has 0 rings (SSSR count). The van der Waals surface area contributed by atoms with Gasteiger partial charge in [-0.25, -0.2) is 0 Å². The second-order valence-electron chi connectivity index (χ2n) is 4.72. The van der Waals surface area contributed by atoms with Gasteiger partial charge in [-0.2, -0.15) is 0 Å². The molecule has 7 heteroatoms. The third-order valence-corrected chi connectivity index (χ3v) is 3.05. The van der Waals surface area contributed by atoms with Gasteiger partial charge in [0.2, 0.25) is 0 Å². The summed E-state index contributed by atoms with van der Waals surface area (Å²) in [6, 6.07) is 0. The molecule has 0 aliphatic heterocycles. The molecule has 23 heavy (non-hydrogen) atoms. The van der Waals surface area contributed by atoms with Gasteiger partial charge in [0.1, 0.15) is 0 Å². The first-order valence-electron chi connectivity index (χ1n) is 8.44. The molecule has 0 atom stereocenters. The summed E-state index contributed by atoms with van der Waals surface area (Å²) >= 11 is 3.29. The minimum absolute atomic E-state index is 0.573. The van der Waals surface area contributed by atoms with E-state index in [1.54, 1.807) is 0 Å². The highest BCUT2D eigenvalue weighted by Crippen LogP contribution is 1.88. The molecule has 0 aliphatic carbocycles. The molecule has 0 aromatic rings. The van der Waals surface area contributed by atoms with Crippen molar-refractivity contribution >= 4 is 15.9 Å². The second-order valence-corrected chi connectivity index (χ2v) is 5.51. The summed E-state index contributed by atoms with van der Waals surface area (Å²) in [6.07, 6.45) is 2.27. The average Bonchev–Trinajstić information content (AvgIpc) is 2.57. The fraction of sp³-hybridized carbons (Fsp3) is 1.00. The molecule has 0 N–H and O–H groups in total. The summed E-state index contributed by atoms with van der Waals surface area (Å²) in [5.74, 6) is 0. The highest BCUT2D eigenvalue weighted by molar-refractivity contribution is 9.09. The molecule has 140 valence electrons. The van der Waals surface area contributed by atoms with E-state index in [1.165, 1.54) is 0 Å². The van der Waals surface area contributed by atoms with Gasteiger partial charge in [-0.15, -0.1) is 0 Å². The molecule has 0 bridgehead atoms. The standard InChI is InChI=1S/C16H33BrO6/c1-2-3-5-18-7-9-20-11-13-22-15-16-23-14-12-21-10-8-19-6-4-17/h2-16H2,1H3. The number of halogens is 1. The smallest absolute Gasteiger partial charge is 0.0701 e. The summed E-state index contributed by atoms with van der Waals surface area (Å²) < 4.78 is 32.2. The zero-order valence-electron chi connectivity index (χ0n) is 14.4. The number of unbranched alkanes of at least 4 members (excludes halogenated alkanes) is 1. The van der Waals surface area contributed by atoms with Crippen LogP contribution in [0, 0.1) is 0 Å². The Bertz CT molecular complexity index is 189. The van der Waals surface area contributed by atoms with Gasteiger partial charge in [0.25, 0.3) is 0 Å². The van der Waals surface area contributed by atoms with Crippen molar-refractivity contribution in [3.63, 3.8) is 0 Å². The van der Waals surface area contributed by atoms with Crippen LogP contribution in [0.3, 0.4) is 0 Å². The van der Waals surface area contributed by atoms with Crippen LogP contribution in [0.25, 0.3) is 0 Å². The SMILES string of the molecule is CCCCOCCOCCOCCOCCOCCOCCBr. The van der Waals surface area contributed by atoms with E-state index in [4.69, 9.17) is 28.4 Å². The van der Waals surface area contributed by atoms with Crippen LogP contribution in [-0.4, -0.2) is 84.6 Å². The van der Waals surface area contributed by atoms with Gasteiger partial charge in [0.05, 0.1) is 72.7 Å². The first-order chi connectivity index (χ1) is 11.4. The Hall–Kier alpha value is 0.240. The molecule has 0 fully saturated rings. The number of hydrogen-bond donors (Lipinski definition) is 0. The zero-order valence-corrected chi connectivity index (χ0v) is 16.0. The lowest BCUT2D eigenvalue weighted by atomic mass is 10.4. The maximum Gasteiger partial charge on any atom is 0.0701 e. The van der Waals surface area contributed by atoms with Crippen molar-refractivity contribution in [1.82, 2.24) is 0 Å². The summed E-state index contributed by atoms with van der Waals surface area (Å²) in [5, 5.41) is 0.855. The first-order valence-corrected chi connectivity index (χ1v) is 9.56. The van der Waals surface area contributed by atoms with Gasteiger partial charge in [-0.3, -0.25) is 0 Å². The predicted octanol–water partition coefficient (Wildman–Crippen LogP) is 2.28. The van der Waals surface area contributed by atoms with Crippen LogP contribution in [0.2, 0.25) is 0 Å². The fourth-order valence-corrected chi connectivity index (χ4v) is 1.73. The van der Waals surface area contributed by atoms with Crippen LogP contribution in [-0.2, 0) is 28.4 Å². The molecule has 0 saturated carbocycles. The van der Waals surface area contributed by atoms with Crippen molar-refractivity contribution in [2.24, 2.45) is 0 Å². The van der Waals surface area contributed by atoms with Crippen LogP contribution in [0.15, 0.2) is 0 Å². The van der Waals surface area contributed by atoms with Crippen LogP contribution in [0.5, 0.6) is 0 Å². The van der Waals surface area contributed by atoms with E-state index in [-0.39, 0.29) is 0 Å². The van der Waals surface area contributed by atoms with Crippen molar-refractivity contribution in [3.8, 4) is 0 Å². The van der Waals surface area contributed by atoms with Crippen molar-refractivity contribution < 1.29 is 28.4 Å². The largest absolute Gasteiger partial charge is 0.379 e. The Balaban J connectivity index is 2.92. The summed E-state index contributed by atoms with van der Waals surface area (Å²) in [5.41, 5.74) is 0. The molecule has 6 nitrogen and oxygen atoms in total. The lowest BCUT2D eigenvalue weighted by Gasteiger charge is -2.08. The predicted molar refractivity (Wildman–Crippen MR) is 93.6 cm³/mol. The maximum absolute atomic E-state index is 5.39. The zero-order chi connectivity index (χ0) is 16.8. The number of hydrogen-bond acceptors (Lipinski definition) is 6. The lowest BCUT2D eigenvalue weighted by molar-refractivity contribution is -0.0161. The third-order valence-electron chi connectivity index (χ3n) is 2.72. The van der Waals surface area contributed by atoms with E-state index in [9.17, 15) is 0 Å². The third kappa shape index (κ3) is 22.2. The van der Waals surface area contributed by atoms with Crippen LogP contribution in [0.1, 0.15) is 19.8 Å². The van der Waals surface area contributed by atoms with Crippen molar-refractivity contribution in [2.45, 2.75) is 19.8 Å². The van der Waals surface area contributed by atoms with Crippen LogP contribution in [0.4, 0.5) is 0 Å². The number of alkyl halides is 1. The molecule has 0 heterocycles. The van der Waals surface area contributed by atoms with E-state index in [2.05, 4.69) is 22.9 Å². The van der Waals surface area contributed by atoms with Crippen molar-refractivity contribution in [2.75, 3.05) is 84.6 Å². The van der Waals surface area contributed by atoms with Crippen molar-refractivity contribution in [3.05, 3.63) is 0 Å². The number of ether oxygens (including phenoxy) is 6. The van der Waals surface area contributed by atoms with E-state index in [0.717, 1.165) is 24.8 Å². The normalized spacial score (nSPS) is 11.2. The van der Waals surface area contributed by atoms with E-state index in [1.807, 2.05) is 0 Å².